The standard InChI is InChI=1S/C10H20O5/c1-2-14-4-3-5-15-9-10(6-11,7-12)8-13/h2,11-13H,1,3-9H2. The molecule has 0 aromatic carbocycles. The average molecular weight is 220 g/mol. The van der Waals surface area contributed by atoms with Gasteiger partial charge < -0.3 is 24.8 Å². The fourth-order valence-electron chi connectivity index (χ4n) is 0.903. The van der Waals surface area contributed by atoms with Crippen molar-refractivity contribution in [1.82, 2.24) is 0 Å². The minimum Gasteiger partial charge on any atom is -0.502 e. The first kappa shape index (κ1) is 14.4. The lowest BCUT2D eigenvalue weighted by atomic mass is 9.93. The highest BCUT2D eigenvalue weighted by Crippen LogP contribution is 2.14. The van der Waals surface area contributed by atoms with E-state index >= 15 is 0 Å². The Balaban J connectivity index is 3.58. The van der Waals surface area contributed by atoms with Crippen LogP contribution in [0.3, 0.4) is 0 Å². The zero-order valence-corrected chi connectivity index (χ0v) is 8.89. The molecule has 3 N–H and O–H groups in total. The van der Waals surface area contributed by atoms with E-state index in [9.17, 15) is 0 Å². The lowest BCUT2D eigenvalue weighted by molar-refractivity contribution is -0.0593. The third-order valence-corrected chi connectivity index (χ3v) is 2.08. The lowest BCUT2D eigenvalue weighted by Crippen LogP contribution is -2.38. The van der Waals surface area contributed by atoms with E-state index in [1.165, 1.54) is 6.26 Å². The van der Waals surface area contributed by atoms with Crippen LogP contribution in [0.5, 0.6) is 0 Å². The first-order chi connectivity index (χ1) is 7.24. The highest BCUT2D eigenvalue weighted by atomic mass is 16.5. The molecular weight excluding hydrogens is 200 g/mol. The molecule has 0 aliphatic carbocycles. The van der Waals surface area contributed by atoms with E-state index in [1.54, 1.807) is 0 Å². The molecule has 0 amide bonds. The molecule has 5 nitrogen and oxygen atoms in total. The summed E-state index contributed by atoms with van der Waals surface area (Å²) in [5.41, 5.74) is -0.945. The summed E-state index contributed by atoms with van der Waals surface area (Å²) in [5, 5.41) is 26.9. The quantitative estimate of drug-likeness (QED) is 0.342. The number of aliphatic hydroxyl groups is 3. The zero-order chi connectivity index (χ0) is 11.6. The number of rotatable bonds is 10. The minimum atomic E-state index is -0.945. The number of ether oxygens (including phenoxy) is 2. The largest absolute Gasteiger partial charge is 0.502 e. The van der Waals surface area contributed by atoms with E-state index in [2.05, 4.69) is 6.58 Å². The Kier molecular flexibility index (Phi) is 8.31. The van der Waals surface area contributed by atoms with Crippen molar-refractivity contribution in [3.63, 3.8) is 0 Å². The fraction of sp³-hybridized carbons (Fsp3) is 0.800. The molecule has 0 fully saturated rings. The fourth-order valence-corrected chi connectivity index (χ4v) is 0.903. The Bertz CT molecular complexity index is 148. The monoisotopic (exact) mass is 220 g/mol. The van der Waals surface area contributed by atoms with Gasteiger partial charge in [0.1, 0.15) is 0 Å². The maximum absolute atomic E-state index is 8.98. The van der Waals surface area contributed by atoms with Crippen molar-refractivity contribution in [2.45, 2.75) is 6.42 Å². The van der Waals surface area contributed by atoms with Gasteiger partial charge in [0.2, 0.25) is 0 Å². The number of aliphatic hydroxyl groups excluding tert-OH is 3. The molecule has 0 unspecified atom stereocenters. The molecule has 0 radical (unpaired) electrons. The molecule has 0 bridgehead atoms. The second-order valence-corrected chi connectivity index (χ2v) is 3.42. The summed E-state index contributed by atoms with van der Waals surface area (Å²) < 4.78 is 10.1. The summed E-state index contributed by atoms with van der Waals surface area (Å²) in [4.78, 5) is 0. The van der Waals surface area contributed by atoms with Crippen LogP contribution in [0.2, 0.25) is 0 Å². The van der Waals surface area contributed by atoms with Crippen LogP contribution in [-0.4, -0.2) is 55.0 Å². The van der Waals surface area contributed by atoms with Gasteiger partial charge in [-0.3, -0.25) is 0 Å². The van der Waals surface area contributed by atoms with Crippen molar-refractivity contribution in [3.05, 3.63) is 12.8 Å². The third-order valence-electron chi connectivity index (χ3n) is 2.08. The van der Waals surface area contributed by atoms with Gasteiger partial charge >= 0.3 is 0 Å². The maximum Gasteiger partial charge on any atom is 0.0895 e. The van der Waals surface area contributed by atoms with E-state index in [1.807, 2.05) is 0 Å². The summed E-state index contributed by atoms with van der Waals surface area (Å²) in [6.45, 7) is 3.59. The lowest BCUT2D eigenvalue weighted by Gasteiger charge is -2.26. The van der Waals surface area contributed by atoms with Crippen LogP contribution < -0.4 is 0 Å². The van der Waals surface area contributed by atoms with Crippen molar-refractivity contribution in [1.29, 1.82) is 0 Å². The summed E-state index contributed by atoms with van der Waals surface area (Å²) in [5.74, 6) is 0. The second kappa shape index (κ2) is 8.67. The first-order valence-electron chi connectivity index (χ1n) is 4.87. The topological polar surface area (TPSA) is 79.2 Å². The minimum absolute atomic E-state index is 0.130. The van der Waals surface area contributed by atoms with Crippen LogP contribution in [0, 0.1) is 5.41 Å². The van der Waals surface area contributed by atoms with Crippen LogP contribution in [0.4, 0.5) is 0 Å². The van der Waals surface area contributed by atoms with Crippen molar-refractivity contribution in [3.8, 4) is 0 Å². The Labute approximate surface area is 89.9 Å². The molecule has 0 aliphatic rings. The van der Waals surface area contributed by atoms with Gasteiger partial charge in [-0.15, -0.1) is 0 Å². The second-order valence-electron chi connectivity index (χ2n) is 3.42. The highest BCUT2D eigenvalue weighted by Gasteiger charge is 2.28. The van der Waals surface area contributed by atoms with Gasteiger partial charge in [0.15, 0.2) is 0 Å². The Morgan fingerprint density at radius 3 is 2.13 bits per heavy atom. The summed E-state index contributed by atoms with van der Waals surface area (Å²) in [6, 6.07) is 0. The van der Waals surface area contributed by atoms with Gasteiger partial charge in [-0.1, -0.05) is 6.58 Å². The SMILES string of the molecule is C=COCCCOCC(CO)(CO)CO. The van der Waals surface area contributed by atoms with Gasteiger partial charge in [0, 0.05) is 13.0 Å². The van der Waals surface area contributed by atoms with Gasteiger partial charge in [0.25, 0.3) is 0 Å². The normalized spacial score (nSPS) is 11.4. The van der Waals surface area contributed by atoms with Crippen molar-refractivity contribution < 1.29 is 24.8 Å². The molecule has 0 saturated carbocycles. The molecule has 15 heavy (non-hydrogen) atoms. The molecule has 5 heteroatoms. The van der Waals surface area contributed by atoms with Crippen LogP contribution in [0.25, 0.3) is 0 Å². The van der Waals surface area contributed by atoms with Crippen LogP contribution in [-0.2, 0) is 9.47 Å². The average Bonchev–Trinajstić information content (AvgIpc) is 2.29. The molecule has 0 aromatic heterocycles. The first-order valence-corrected chi connectivity index (χ1v) is 4.87. The van der Waals surface area contributed by atoms with E-state index in [0.29, 0.717) is 19.6 Å². The molecule has 0 rings (SSSR count). The van der Waals surface area contributed by atoms with Crippen molar-refractivity contribution in [2.24, 2.45) is 5.41 Å². The molecule has 0 aromatic rings. The number of hydrogen-bond donors (Lipinski definition) is 3. The predicted molar refractivity (Wildman–Crippen MR) is 55.3 cm³/mol. The summed E-state index contributed by atoms with van der Waals surface area (Å²) >= 11 is 0. The highest BCUT2D eigenvalue weighted by molar-refractivity contribution is 4.76. The van der Waals surface area contributed by atoms with Crippen LogP contribution in [0.15, 0.2) is 12.8 Å². The third kappa shape index (κ3) is 5.74. The molecule has 0 heterocycles. The molecule has 90 valence electrons. The molecule has 0 spiro atoms. The van der Waals surface area contributed by atoms with Gasteiger partial charge in [0.05, 0.1) is 44.7 Å². The molecule has 0 atom stereocenters. The predicted octanol–water partition coefficient (Wildman–Crippen LogP) is -0.483. The van der Waals surface area contributed by atoms with E-state index in [-0.39, 0.29) is 26.4 Å². The van der Waals surface area contributed by atoms with Crippen molar-refractivity contribution >= 4 is 0 Å². The summed E-state index contributed by atoms with van der Waals surface area (Å²) in [7, 11) is 0. The van der Waals surface area contributed by atoms with E-state index < -0.39 is 5.41 Å². The van der Waals surface area contributed by atoms with E-state index in [4.69, 9.17) is 24.8 Å². The Morgan fingerprint density at radius 1 is 1.07 bits per heavy atom. The van der Waals surface area contributed by atoms with Crippen molar-refractivity contribution in [2.75, 3.05) is 39.6 Å². The number of hydrogen-bond acceptors (Lipinski definition) is 5. The maximum atomic E-state index is 8.98. The summed E-state index contributed by atoms with van der Waals surface area (Å²) in [6.07, 6.45) is 2.06. The smallest absolute Gasteiger partial charge is 0.0895 e. The molecule has 0 aliphatic heterocycles. The van der Waals surface area contributed by atoms with Gasteiger partial charge in [-0.25, -0.2) is 0 Å². The molecular formula is C10H20O5. The van der Waals surface area contributed by atoms with Gasteiger partial charge in [-0.05, 0) is 0 Å². The zero-order valence-electron chi connectivity index (χ0n) is 8.89. The Morgan fingerprint density at radius 2 is 1.67 bits per heavy atom. The van der Waals surface area contributed by atoms with Crippen LogP contribution >= 0.6 is 0 Å². The van der Waals surface area contributed by atoms with Crippen LogP contribution in [0.1, 0.15) is 6.42 Å². The Hall–Kier alpha value is -0.620. The molecule has 0 saturated heterocycles. The van der Waals surface area contributed by atoms with Gasteiger partial charge in [-0.2, -0.15) is 0 Å². The van der Waals surface area contributed by atoms with E-state index in [0.717, 1.165) is 0 Å².